The van der Waals surface area contributed by atoms with Gasteiger partial charge in [0.05, 0.1) is 5.75 Å². The molecule has 1 aromatic heterocycles. The maximum absolute atomic E-state index is 12.4. The number of carbonyl (C=O) groups excluding carboxylic acids is 1. The van der Waals surface area contributed by atoms with Gasteiger partial charge in [0.2, 0.25) is 5.91 Å². The SMILES string of the molecule is CC1CCCN(C(=O)CS(=O)(=O)Cc2ccc(OCc3nccn3C)cc2)C1. The second kappa shape index (κ2) is 8.77. The molecule has 1 saturated heterocycles. The van der Waals surface area contributed by atoms with Gasteiger partial charge in [-0.3, -0.25) is 4.79 Å². The molecule has 7 nitrogen and oxygen atoms in total. The van der Waals surface area contributed by atoms with Crippen LogP contribution < -0.4 is 4.74 Å². The van der Waals surface area contributed by atoms with Gasteiger partial charge in [0, 0.05) is 32.5 Å². The Kier molecular flexibility index (Phi) is 6.39. The third-order valence-corrected chi connectivity index (χ3v) is 6.41. The van der Waals surface area contributed by atoms with Gasteiger partial charge in [-0.25, -0.2) is 13.4 Å². The molecule has 0 bridgehead atoms. The number of hydrogen-bond acceptors (Lipinski definition) is 5. The molecule has 2 aromatic rings. The van der Waals surface area contributed by atoms with Gasteiger partial charge < -0.3 is 14.2 Å². The summed E-state index contributed by atoms with van der Waals surface area (Å²) < 4.78 is 32.4. The Morgan fingerprint density at radius 2 is 2.04 bits per heavy atom. The first kappa shape index (κ1) is 20.4. The van der Waals surface area contributed by atoms with Crippen LogP contribution in [-0.2, 0) is 34.0 Å². The Balaban J connectivity index is 1.53. The summed E-state index contributed by atoms with van der Waals surface area (Å²) in [6.07, 6.45) is 5.58. The molecular weight excluding hydrogens is 378 g/mol. The summed E-state index contributed by atoms with van der Waals surface area (Å²) in [5, 5.41) is 0. The van der Waals surface area contributed by atoms with Crippen LogP contribution in [-0.4, -0.2) is 47.6 Å². The van der Waals surface area contributed by atoms with Gasteiger partial charge in [0.1, 0.15) is 23.9 Å². The summed E-state index contributed by atoms with van der Waals surface area (Å²) >= 11 is 0. The van der Waals surface area contributed by atoms with Crippen molar-refractivity contribution < 1.29 is 17.9 Å². The summed E-state index contributed by atoms with van der Waals surface area (Å²) in [7, 11) is -1.62. The lowest BCUT2D eigenvalue weighted by Gasteiger charge is -2.30. The number of hydrogen-bond donors (Lipinski definition) is 0. The van der Waals surface area contributed by atoms with Crippen molar-refractivity contribution in [2.45, 2.75) is 32.1 Å². The molecule has 0 spiro atoms. The minimum atomic E-state index is -3.51. The van der Waals surface area contributed by atoms with Crippen LogP contribution in [0, 0.1) is 5.92 Å². The van der Waals surface area contributed by atoms with Crippen LogP contribution in [0.25, 0.3) is 0 Å². The molecular formula is C20H27N3O4S. The molecule has 0 radical (unpaired) electrons. The van der Waals surface area contributed by atoms with Crippen molar-refractivity contribution in [3.05, 3.63) is 48.0 Å². The molecule has 0 saturated carbocycles. The molecule has 3 rings (SSSR count). The van der Waals surface area contributed by atoms with E-state index in [1.54, 1.807) is 35.4 Å². The fourth-order valence-corrected chi connectivity index (χ4v) is 4.73. The maximum Gasteiger partial charge on any atom is 0.237 e. The summed E-state index contributed by atoms with van der Waals surface area (Å²) in [5.41, 5.74) is 0.643. The molecule has 0 N–H and O–H groups in total. The highest BCUT2D eigenvalue weighted by Gasteiger charge is 2.25. The summed E-state index contributed by atoms with van der Waals surface area (Å²) in [6, 6.07) is 6.92. The zero-order valence-electron chi connectivity index (χ0n) is 16.4. The van der Waals surface area contributed by atoms with Crippen LogP contribution in [0.4, 0.5) is 0 Å². The zero-order chi connectivity index (χ0) is 20.1. The Labute approximate surface area is 166 Å². The van der Waals surface area contributed by atoms with Crippen LogP contribution in [0.2, 0.25) is 0 Å². The first-order valence-corrected chi connectivity index (χ1v) is 11.3. The first-order valence-electron chi connectivity index (χ1n) is 9.48. The van der Waals surface area contributed by atoms with Crippen molar-refractivity contribution in [3.63, 3.8) is 0 Å². The number of nitrogens with zero attached hydrogens (tertiary/aromatic N) is 3. The van der Waals surface area contributed by atoms with Crippen molar-refractivity contribution in [1.82, 2.24) is 14.5 Å². The number of benzene rings is 1. The number of aryl methyl sites for hydroxylation is 1. The van der Waals surface area contributed by atoms with E-state index in [2.05, 4.69) is 11.9 Å². The standard InChI is InChI=1S/C20H27N3O4S/c1-16-4-3-10-23(12-16)20(24)15-28(25,26)14-17-5-7-18(8-6-17)27-13-19-21-9-11-22(19)2/h5-9,11,16H,3-4,10,12-15H2,1-2H3. The second-order valence-electron chi connectivity index (χ2n) is 7.51. The molecule has 1 fully saturated rings. The second-order valence-corrected chi connectivity index (χ2v) is 9.57. The summed E-state index contributed by atoms with van der Waals surface area (Å²) in [6.45, 7) is 3.73. The molecule has 0 aliphatic carbocycles. The van der Waals surface area contributed by atoms with E-state index in [4.69, 9.17) is 4.74 Å². The number of sulfone groups is 1. The summed E-state index contributed by atoms with van der Waals surface area (Å²) in [5.74, 6) is 0.999. The predicted octanol–water partition coefficient (Wildman–Crippen LogP) is 2.17. The van der Waals surface area contributed by atoms with Crippen molar-refractivity contribution in [2.75, 3.05) is 18.8 Å². The molecule has 1 unspecified atom stereocenters. The average molecular weight is 406 g/mol. The molecule has 8 heteroatoms. The topological polar surface area (TPSA) is 81.5 Å². The number of aromatic nitrogens is 2. The van der Waals surface area contributed by atoms with E-state index in [0.29, 0.717) is 36.9 Å². The number of piperidine rings is 1. The molecule has 1 amide bonds. The molecule has 2 heterocycles. The van der Waals surface area contributed by atoms with Crippen LogP contribution in [0.1, 0.15) is 31.2 Å². The zero-order valence-corrected chi connectivity index (χ0v) is 17.2. The largest absolute Gasteiger partial charge is 0.486 e. The lowest BCUT2D eigenvalue weighted by molar-refractivity contribution is -0.130. The molecule has 1 aliphatic heterocycles. The minimum Gasteiger partial charge on any atom is -0.486 e. The lowest BCUT2D eigenvalue weighted by atomic mass is 10.0. The van der Waals surface area contributed by atoms with Crippen LogP contribution in [0.15, 0.2) is 36.7 Å². The van der Waals surface area contributed by atoms with Gasteiger partial charge in [0.25, 0.3) is 0 Å². The van der Waals surface area contributed by atoms with E-state index >= 15 is 0 Å². The van der Waals surface area contributed by atoms with Crippen LogP contribution in [0.5, 0.6) is 5.75 Å². The van der Waals surface area contributed by atoms with Crippen molar-refractivity contribution in [1.29, 1.82) is 0 Å². The van der Waals surface area contributed by atoms with Gasteiger partial charge in [-0.1, -0.05) is 19.1 Å². The van der Waals surface area contributed by atoms with E-state index in [0.717, 1.165) is 18.7 Å². The Morgan fingerprint density at radius 1 is 1.29 bits per heavy atom. The Hall–Kier alpha value is -2.35. The molecule has 1 atom stereocenters. The maximum atomic E-state index is 12.4. The summed E-state index contributed by atoms with van der Waals surface area (Å²) in [4.78, 5) is 18.2. The van der Waals surface area contributed by atoms with E-state index in [1.165, 1.54) is 0 Å². The smallest absolute Gasteiger partial charge is 0.237 e. The van der Waals surface area contributed by atoms with Gasteiger partial charge >= 0.3 is 0 Å². The first-order chi connectivity index (χ1) is 13.3. The Morgan fingerprint density at radius 3 is 2.68 bits per heavy atom. The van der Waals surface area contributed by atoms with Gasteiger partial charge in [0.15, 0.2) is 9.84 Å². The number of carbonyl (C=O) groups is 1. The van der Waals surface area contributed by atoms with Crippen molar-refractivity contribution in [2.24, 2.45) is 13.0 Å². The van der Waals surface area contributed by atoms with Crippen molar-refractivity contribution in [3.8, 4) is 5.75 Å². The predicted molar refractivity (Wildman–Crippen MR) is 106 cm³/mol. The molecule has 28 heavy (non-hydrogen) atoms. The number of amides is 1. The monoisotopic (exact) mass is 405 g/mol. The van der Waals surface area contributed by atoms with Crippen LogP contribution in [0.3, 0.4) is 0 Å². The van der Waals surface area contributed by atoms with E-state index in [1.807, 2.05) is 17.8 Å². The fraction of sp³-hybridized carbons (Fsp3) is 0.500. The van der Waals surface area contributed by atoms with E-state index < -0.39 is 15.6 Å². The van der Waals surface area contributed by atoms with Crippen LogP contribution >= 0.6 is 0 Å². The van der Waals surface area contributed by atoms with Crippen molar-refractivity contribution >= 4 is 15.7 Å². The lowest BCUT2D eigenvalue weighted by Crippen LogP contribution is -2.42. The number of rotatable bonds is 7. The minimum absolute atomic E-state index is 0.151. The van der Waals surface area contributed by atoms with Gasteiger partial charge in [-0.05, 0) is 36.5 Å². The molecule has 1 aliphatic rings. The van der Waals surface area contributed by atoms with E-state index in [9.17, 15) is 13.2 Å². The van der Waals surface area contributed by atoms with Gasteiger partial charge in [-0.15, -0.1) is 0 Å². The number of ether oxygens (including phenoxy) is 1. The third-order valence-electron chi connectivity index (χ3n) is 4.95. The molecule has 152 valence electrons. The number of likely N-dealkylation sites (tertiary alicyclic amines) is 1. The third kappa shape index (κ3) is 5.58. The quantitative estimate of drug-likeness (QED) is 0.705. The average Bonchev–Trinajstić information content (AvgIpc) is 3.05. The highest BCUT2D eigenvalue weighted by molar-refractivity contribution is 7.91. The Bertz CT molecular complexity index is 906. The van der Waals surface area contributed by atoms with Gasteiger partial charge in [-0.2, -0.15) is 0 Å². The number of imidazole rings is 1. The molecule has 1 aromatic carbocycles. The van der Waals surface area contributed by atoms with E-state index in [-0.39, 0.29) is 11.7 Å². The normalized spacial score (nSPS) is 17.5. The fourth-order valence-electron chi connectivity index (χ4n) is 3.37. The highest BCUT2D eigenvalue weighted by Crippen LogP contribution is 2.18. The highest BCUT2D eigenvalue weighted by atomic mass is 32.2.